The van der Waals surface area contributed by atoms with Gasteiger partial charge in [-0.25, -0.2) is 0 Å². The topological polar surface area (TPSA) is 35.2 Å². The fourth-order valence-corrected chi connectivity index (χ4v) is 2.19. The van der Waals surface area contributed by atoms with E-state index in [0.29, 0.717) is 0 Å². The zero-order chi connectivity index (χ0) is 14.2. The maximum Gasteiger partial charge on any atom is 0.119 e. The molecule has 0 aromatic heterocycles. The van der Waals surface area contributed by atoms with Gasteiger partial charge in [0.25, 0.3) is 0 Å². The lowest BCUT2D eigenvalue weighted by Gasteiger charge is -2.07. The highest BCUT2D eigenvalue weighted by molar-refractivity contribution is 5.39. The number of nitrogen functional groups attached to an aromatic ring is 1. The molecule has 2 heteroatoms. The van der Waals surface area contributed by atoms with Gasteiger partial charge in [0.05, 0.1) is 6.61 Å². The summed E-state index contributed by atoms with van der Waals surface area (Å²) in [7, 11) is 0. The summed E-state index contributed by atoms with van der Waals surface area (Å²) in [5, 5.41) is 0. The molecule has 0 radical (unpaired) electrons. The molecule has 0 saturated carbocycles. The summed E-state index contributed by atoms with van der Waals surface area (Å²) >= 11 is 0. The molecule has 106 valence electrons. The highest BCUT2D eigenvalue weighted by atomic mass is 16.5. The second-order valence-electron chi connectivity index (χ2n) is 5.09. The van der Waals surface area contributed by atoms with E-state index in [-0.39, 0.29) is 0 Å². The van der Waals surface area contributed by atoms with Crippen LogP contribution in [-0.4, -0.2) is 6.61 Å². The van der Waals surface area contributed by atoms with Crippen LogP contribution in [0.25, 0.3) is 0 Å². The number of ether oxygens (including phenoxy) is 1. The van der Waals surface area contributed by atoms with Crippen LogP contribution in [0.15, 0.2) is 48.5 Å². The van der Waals surface area contributed by atoms with Crippen molar-refractivity contribution in [3.05, 3.63) is 59.7 Å². The summed E-state index contributed by atoms with van der Waals surface area (Å²) in [4.78, 5) is 0. The summed E-state index contributed by atoms with van der Waals surface area (Å²) in [6.45, 7) is 2.94. The van der Waals surface area contributed by atoms with Crippen molar-refractivity contribution >= 4 is 5.69 Å². The fourth-order valence-electron chi connectivity index (χ4n) is 2.19. The lowest BCUT2D eigenvalue weighted by molar-refractivity contribution is 0.311. The van der Waals surface area contributed by atoms with Gasteiger partial charge in [0.1, 0.15) is 5.75 Å². The third-order valence-electron chi connectivity index (χ3n) is 3.32. The second kappa shape index (κ2) is 7.59. The third-order valence-corrected chi connectivity index (χ3v) is 3.32. The number of anilines is 1. The first-order valence-corrected chi connectivity index (χ1v) is 7.34. The molecule has 2 N–H and O–H groups in total. The molecular formula is C18H23NO. The first kappa shape index (κ1) is 14.4. The van der Waals surface area contributed by atoms with E-state index in [1.54, 1.807) is 0 Å². The summed E-state index contributed by atoms with van der Waals surface area (Å²) in [6, 6.07) is 16.5. The standard InChI is InChI=1S/C18H23NO/c1-2-4-15-8-12-18(13-9-15)20-14-3-5-16-6-10-17(19)11-7-16/h6-13H,2-5,14,19H2,1H3. The highest BCUT2D eigenvalue weighted by Crippen LogP contribution is 2.14. The van der Waals surface area contributed by atoms with Crippen LogP contribution < -0.4 is 10.5 Å². The predicted molar refractivity (Wildman–Crippen MR) is 85.1 cm³/mol. The van der Waals surface area contributed by atoms with E-state index < -0.39 is 0 Å². The Morgan fingerprint density at radius 2 is 1.45 bits per heavy atom. The molecule has 20 heavy (non-hydrogen) atoms. The number of aryl methyl sites for hydroxylation is 2. The molecule has 2 aromatic rings. The predicted octanol–water partition coefficient (Wildman–Crippen LogP) is 4.23. The van der Waals surface area contributed by atoms with Gasteiger partial charge in [0, 0.05) is 5.69 Å². The monoisotopic (exact) mass is 269 g/mol. The van der Waals surface area contributed by atoms with Gasteiger partial charge in [-0.2, -0.15) is 0 Å². The van der Waals surface area contributed by atoms with Crippen molar-refractivity contribution in [2.24, 2.45) is 0 Å². The van der Waals surface area contributed by atoms with Crippen LogP contribution in [-0.2, 0) is 12.8 Å². The van der Waals surface area contributed by atoms with Crippen molar-refractivity contribution in [3.63, 3.8) is 0 Å². The van der Waals surface area contributed by atoms with E-state index in [4.69, 9.17) is 10.5 Å². The van der Waals surface area contributed by atoms with E-state index in [2.05, 4.69) is 43.3 Å². The quantitative estimate of drug-likeness (QED) is 0.603. The van der Waals surface area contributed by atoms with Crippen molar-refractivity contribution in [3.8, 4) is 5.75 Å². The minimum atomic E-state index is 0.748. The molecule has 0 atom stereocenters. The third kappa shape index (κ3) is 4.61. The van der Waals surface area contributed by atoms with Gasteiger partial charge in [0.2, 0.25) is 0 Å². The van der Waals surface area contributed by atoms with Gasteiger partial charge >= 0.3 is 0 Å². The van der Waals surface area contributed by atoms with Crippen LogP contribution in [0.5, 0.6) is 5.75 Å². The van der Waals surface area contributed by atoms with Gasteiger partial charge in [0.15, 0.2) is 0 Å². The van der Waals surface area contributed by atoms with Crippen LogP contribution in [0, 0.1) is 0 Å². The van der Waals surface area contributed by atoms with E-state index >= 15 is 0 Å². The first-order valence-electron chi connectivity index (χ1n) is 7.34. The fraction of sp³-hybridized carbons (Fsp3) is 0.333. The Labute approximate surface area is 121 Å². The first-order chi connectivity index (χ1) is 9.78. The normalized spacial score (nSPS) is 10.4. The molecule has 2 rings (SSSR count). The second-order valence-corrected chi connectivity index (χ2v) is 5.09. The maximum absolute atomic E-state index is 5.76. The molecule has 0 amide bonds. The van der Waals surface area contributed by atoms with Gasteiger partial charge in [-0.3, -0.25) is 0 Å². The lowest BCUT2D eigenvalue weighted by atomic mass is 10.1. The summed E-state index contributed by atoms with van der Waals surface area (Å²) in [6.07, 6.45) is 4.36. The molecule has 0 heterocycles. The molecule has 0 unspecified atom stereocenters. The molecule has 0 spiro atoms. The molecule has 0 fully saturated rings. The van der Waals surface area contributed by atoms with Crippen LogP contribution >= 0.6 is 0 Å². The van der Waals surface area contributed by atoms with Gasteiger partial charge in [-0.15, -0.1) is 0 Å². The molecule has 2 aromatic carbocycles. The van der Waals surface area contributed by atoms with Crippen molar-refractivity contribution in [2.75, 3.05) is 12.3 Å². The number of benzene rings is 2. The molecular weight excluding hydrogens is 246 g/mol. The zero-order valence-electron chi connectivity index (χ0n) is 12.1. The van der Waals surface area contributed by atoms with Crippen molar-refractivity contribution in [2.45, 2.75) is 32.6 Å². The minimum absolute atomic E-state index is 0.748. The van der Waals surface area contributed by atoms with E-state index in [0.717, 1.165) is 37.3 Å². The average Bonchev–Trinajstić information content (AvgIpc) is 2.47. The summed E-state index contributed by atoms with van der Waals surface area (Å²) in [5.74, 6) is 0.960. The smallest absolute Gasteiger partial charge is 0.119 e. The largest absolute Gasteiger partial charge is 0.494 e. The van der Waals surface area contributed by atoms with Crippen molar-refractivity contribution in [1.29, 1.82) is 0 Å². The molecule has 0 aliphatic carbocycles. The van der Waals surface area contributed by atoms with Crippen LogP contribution in [0.1, 0.15) is 30.9 Å². The zero-order valence-corrected chi connectivity index (χ0v) is 12.1. The lowest BCUT2D eigenvalue weighted by Crippen LogP contribution is -1.99. The Balaban J connectivity index is 1.71. The molecule has 0 saturated heterocycles. The van der Waals surface area contributed by atoms with Gasteiger partial charge in [-0.05, 0) is 54.7 Å². The molecule has 0 aliphatic heterocycles. The van der Waals surface area contributed by atoms with Gasteiger partial charge in [-0.1, -0.05) is 37.6 Å². The minimum Gasteiger partial charge on any atom is -0.494 e. The summed E-state index contributed by atoms with van der Waals surface area (Å²) < 4.78 is 5.76. The number of nitrogens with two attached hydrogens (primary N) is 1. The van der Waals surface area contributed by atoms with Crippen LogP contribution in [0.3, 0.4) is 0 Å². The van der Waals surface area contributed by atoms with Crippen LogP contribution in [0.2, 0.25) is 0 Å². The van der Waals surface area contributed by atoms with E-state index in [1.165, 1.54) is 17.5 Å². The Morgan fingerprint density at radius 3 is 2.10 bits per heavy atom. The Hall–Kier alpha value is -1.96. The van der Waals surface area contributed by atoms with Crippen molar-refractivity contribution < 1.29 is 4.74 Å². The number of rotatable bonds is 7. The maximum atomic E-state index is 5.76. The SMILES string of the molecule is CCCc1ccc(OCCCc2ccc(N)cc2)cc1. The Kier molecular flexibility index (Phi) is 5.48. The van der Waals surface area contributed by atoms with E-state index in [9.17, 15) is 0 Å². The van der Waals surface area contributed by atoms with Crippen molar-refractivity contribution in [1.82, 2.24) is 0 Å². The Morgan fingerprint density at radius 1 is 0.850 bits per heavy atom. The highest BCUT2D eigenvalue weighted by Gasteiger charge is 1.97. The molecule has 0 bridgehead atoms. The number of hydrogen-bond donors (Lipinski definition) is 1. The Bertz CT molecular complexity index is 502. The molecule has 2 nitrogen and oxygen atoms in total. The summed E-state index contributed by atoms with van der Waals surface area (Å²) in [5.41, 5.74) is 9.17. The number of hydrogen-bond acceptors (Lipinski definition) is 2. The van der Waals surface area contributed by atoms with Gasteiger partial charge < -0.3 is 10.5 Å². The molecule has 0 aliphatic rings. The van der Waals surface area contributed by atoms with E-state index in [1.807, 2.05) is 12.1 Å². The average molecular weight is 269 g/mol. The van der Waals surface area contributed by atoms with Crippen LogP contribution in [0.4, 0.5) is 5.69 Å².